The highest BCUT2D eigenvalue weighted by molar-refractivity contribution is 5.75. The summed E-state index contributed by atoms with van der Waals surface area (Å²) in [5, 5.41) is 18.8. The van der Waals surface area contributed by atoms with E-state index in [-0.39, 0.29) is 6.03 Å². The standard InChI is InChI=1S/C17H28N8O/c1-14(2)12-19-17(26)25-9-5-16(22-25)24-13-20-21-15(24)4-3-8-23-10-6-18-7-11-23/h5,9,13-14,18H,3-4,6-8,10-12H2,1-2H3,(H,19,26). The van der Waals surface area contributed by atoms with Crippen molar-refractivity contribution in [2.45, 2.75) is 26.7 Å². The van der Waals surface area contributed by atoms with Crippen LogP contribution < -0.4 is 10.6 Å². The van der Waals surface area contributed by atoms with Crippen LogP contribution in [0.5, 0.6) is 0 Å². The number of nitrogens with zero attached hydrogens (tertiary/aromatic N) is 6. The van der Waals surface area contributed by atoms with Crippen LogP contribution in [0.1, 0.15) is 26.1 Å². The quantitative estimate of drug-likeness (QED) is 0.748. The molecule has 0 saturated carbocycles. The van der Waals surface area contributed by atoms with E-state index in [0.29, 0.717) is 18.3 Å². The topological polar surface area (TPSA) is 92.9 Å². The molecule has 9 nitrogen and oxygen atoms in total. The van der Waals surface area contributed by atoms with Gasteiger partial charge in [-0.3, -0.25) is 4.57 Å². The van der Waals surface area contributed by atoms with Crippen LogP contribution in [-0.4, -0.2) is 74.7 Å². The van der Waals surface area contributed by atoms with Crippen molar-refractivity contribution in [3.8, 4) is 5.82 Å². The van der Waals surface area contributed by atoms with Gasteiger partial charge >= 0.3 is 6.03 Å². The zero-order valence-corrected chi connectivity index (χ0v) is 15.6. The second-order valence-electron chi connectivity index (χ2n) is 7.01. The molecule has 9 heteroatoms. The summed E-state index contributed by atoms with van der Waals surface area (Å²) in [6.07, 6.45) is 5.17. The minimum Gasteiger partial charge on any atom is -0.336 e. The second-order valence-corrected chi connectivity index (χ2v) is 7.01. The summed E-state index contributed by atoms with van der Waals surface area (Å²) in [5.41, 5.74) is 0. The highest BCUT2D eigenvalue weighted by Gasteiger charge is 2.13. The molecule has 3 heterocycles. The number of hydrogen-bond donors (Lipinski definition) is 2. The van der Waals surface area contributed by atoms with Gasteiger partial charge in [0.1, 0.15) is 12.2 Å². The lowest BCUT2D eigenvalue weighted by Crippen LogP contribution is -2.43. The zero-order chi connectivity index (χ0) is 18.4. The summed E-state index contributed by atoms with van der Waals surface area (Å²) in [4.78, 5) is 14.6. The maximum atomic E-state index is 12.1. The van der Waals surface area contributed by atoms with Crippen molar-refractivity contribution >= 4 is 6.03 Å². The molecule has 0 radical (unpaired) electrons. The van der Waals surface area contributed by atoms with Crippen molar-refractivity contribution in [1.82, 2.24) is 40.1 Å². The van der Waals surface area contributed by atoms with E-state index in [1.165, 1.54) is 4.68 Å². The minimum absolute atomic E-state index is 0.224. The lowest BCUT2D eigenvalue weighted by Gasteiger charge is -2.26. The Kier molecular flexibility index (Phi) is 6.35. The number of carbonyl (C=O) groups is 1. The van der Waals surface area contributed by atoms with Gasteiger partial charge < -0.3 is 15.5 Å². The van der Waals surface area contributed by atoms with E-state index >= 15 is 0 Å². The third kappa shape index (κ3) is 4.89. The molecule has 0 unspecified atom stereocenters. The minimum atomic E-state index is -0.224. The molecule has 0 bridgehead atoms. The first-order chi connectivity index (χ1) is 12.6. The summed E-state index contributed by atoms with van der Waals surface area (Å²) in [5.74, 6) is 1.92. The van der Waals surface area contributed by atoms with Crippen LogP contribution in [0, 0.1) is 5.92 Å². The highest BCUT2D eigenvalue weighted by Crippen LogP contribution is 2.09. The molecule has 0 spiro atoms. The summed E-state index contributed by atoms with van der Waals surface area (Å²) >= 11 is 0. The maximum absolute atomic E-state index is 12.1. The number of piperazine rings is 1. The third-order valence-corrected chi connectivity index (χ3v) is 4.39. The fourth-order valence-corrected chi connectivity index (χ4v) is 2.94. The number of hydrogen-bond acceptors (Lipinski definition) is 6. The second kappa shape index (κ2) is 8.91. The van der Waals surface area contributed by atoms with Gasteiger partial charge in [-0.05, 0) is 18.9 Å². The molecule has 0 atom stereocenters. The molecule has 2 aromatic heterocycles. The molecular weight excluding hydrogens is 332 g/mol. The fourth-order valence-electron chi connectivity index (χ4n) is 2.94. The van der Waals surface area contributed by atoms with E-state index in [4.69, 9.17) is 0 Å². The molecule has 142 valence electrons. The SMILES string of the molecule is CC(C)CNC(=O)n1ccc(-n2cnnc2CCCN2CCNCC2)n1. The predicted molar refractivity (Wildman–Crippen MR) is 98.4 cm³/mol. The van der Waals surface area contributed by atoms with Crippen LogP contribution in [0.25, 0.3) is 5.82 Å². The third-order valence-electron chi connectivity index (χ3n) is 4.39. The van der Waals surface area contributed by atoms with Gasteiger partial charge in [-0.1, -0.05) is 13.8 Å². The molecule has 0 aliphatic carbocycles. The summed E-state index contributed by atoms with van der Waals surface area (Å²) in [7, 11) is 0. The van der Waals surface area contributed by atoms with Gasteiger partial charge in [0.15, 0.2) is 5.82 Å². The van der Waals surface area contributed by atoms with Gasteiger partial charge in [0, 0.05) is 51.4 Å². The molecular formula is C17H28N8O. The molecule has 2 aromatic rings. The van der Waals surface area contributed by atoms with Gasteiger partial charge in [0.2, 0.25) is 0 Å². The smallest absolute Gasteiger partial charge is 0.336 e. The Balaban J connectivity index is 1.56. The van der Waals surface area contributed by atoms with E-state index in [1.807, 2.05) is 4.57 Å². The molecule has 1 fully saturated rings. The van der Waals surface area contributed by atoms with Crippen molar-refractivity contribution in [1.29, 1.82) is 0 Å². The lowest BCUT2D eigenvalue weighted by molar-refractivity contribution is 0.238. The van der Waals surface area contributed by atoms with E-state index < -0.39 is 0 Å². The Labute approximate surface area is 153 Å². The first-order valence-corrected chi connectivity index (χ1v) is 9.29. The van der Waals surface area contributed by atoms with Gasteiger partial charge in [-0.2, -0.15) is 4.68 Å². The number of amides is 1. The van der Waals surface area contributed by atoms with E-state index in [9.17, 15) is 4.79 Å². The van der Waals surface area contributed by atoms with Crippen LogP contribution in [-0.2, 0) is 6.42 Å². The average molecular weight is 360 g/mol. The monoisotopic (exact) mass is 360 g/mol. The van der Waals surface area contributed by atoms with Crippen molar-refractivity contribution in [2.24, 2.45) is 5.92 Å². The van der Waals surface area contributed by atoms with Crippen molar-refractivity contribution in [3.05, 3.63) is 24.4 Å². The molecule has 26 heavy (non-hydrogen) atoms. The Hall–Kier alpha value is -2.26. The zero-order valence-electron chi connectivity index (χ0n) is 15.6. The van der Waals surface area contributed by atoms with Crippen molar-refractivity contribution < 1.29 is 4.79 Å². The molecule has 2 N–H and O–H groups in total. The van der Waals surface area contributed by atoms with E-state index in [1.54, 1.807) is 18.6 Å². The van der Waals surface area contributed by atoms with Crippen LogP contribution in [0.3, 0.4) is 0 Å². The normalized spacial score (nSPS) is 15.5. The number of aromatic nitrogens is 5. The molecule has 1 aliphatic heterocycles. The predicted octanol–water partition coefficient (Wildman–Crippen LogP) is 0.515. The summed E-state index contributed by atoms with van der Waals surface area (Å²) < 4.78 is 3.17. The summed E-state index contributed by atoms with van der Waals surface area (Å²) in [6.45, 7) is 10.1. The van der Waals surface area contributed by atoms with Crippen molar-refractivity contribution in [3.63, 3.8) is 0 Å². The maximum Gasteiger partial charge on any atom is 0.342 e. The summed E-state index contributed by atoms with van der Waals surface area (Å²) in [6, 6.07) is 1.58. The molecule has 0 aromatic carbocycles. The molecule has 1 saturated heterocycles. The first kappa shape index (κ1) is 18.5. The molecule has 3 rings (SSSR count). The van der Waals surface area contributed by atoms with E-state index in [2.05, 4.69) is 44.7 Å². The Morgan fingerprint density at radius 3 is 2.92 bits per heavy atom. The highest BCUT2D eigenvalue weighted by atomic mass is 16.2. The van der Waals surface area contributed by atoms with Crippen LogP contribution in [0.2, 0.25) is 0 Å². The fraction of sp³-hybridized carbons (Fsp3) is 0.647. The number of nitrogens with one attached hydrogen (secondary N) is 2. The van der Waals surface area contributed by atoms with Crippen molar-refractivity contribution in [2.75, 3.05) is 39.3 Å². The van der Waals surface area contributed by atoms with Crippen LogP contribution in [0.4, 0.5) is 4.79 Å². The van der Waals surface area contributed by atoms with E-state index in [0.717, 1.165) is 51.4 Å². The number of aryl methyl sites for hydroxylation is 1. The lowest BCUT2D eigenvalue weighted by atomic mass is 10.2. The largest absolute Gasteiger partial charge is 0.342 e. The average Bonchev–Trinajstić information content (AvgIpc) is 3.29. The Morgan fingerprint density at radius 1 is 1.35 bits per heavy atom. The number of carbonyl (C=O) groups excluding carboxylic acids is 1. The first-order valence-electron chi connectivity index (χ1n) is 9.29. The number of rotatable bonds is 7. The van der Waals surface area contributed by atoms with Gasteiger partial charge in [0.25, 0.3) is 0 Å². The van der Waals surface area contributed by atoms with Gasteiger partial charge in [-0.15, -0.1) is 15.3 Å². The van der Waals surface area contributed by atoms with Crippen LogP contribution in [0.15, 0.2) is 18.6 Å². The Bertz CT molecular complexity index is 701. The van der Waals surface area contributed by atoms with Gasteiger partial charge in [0.05, 0.1) is 0 Å². The van der Waals surface area contributed by atoms with Gasteiger partial charge in [-0.25, -0.2) is 4.79 Å². The molecule has 1 amide bonds. The Morgan fingerprint density at radius 2 is 2.15 bits per heavy atom. The molecule has 1 aliphatic rings. The van der Waals surface area contributed by atoms with Crippen LogP contribution >= 0.6 is 0 Å².